The topological polar surface area (TPSA) is 49.8 Å². The fourth-order valence-electron chi connectivity index (χ4n) is 1.94. The van der Waals surface area contributed by atoms with E-state index in [0.717, 1.165) is 18.7 Å². The van der Waals surface area contributed by atoms with E-state index in [4.69, 9.17) is 9.84 Å². The molecule has 1 N–H and O–H groups in total. The fourth-order valence-corrected chi connectivity index (χ4v) is 1.94. The van der Waals surface area contributed by atoms with Gasteiger partial charge < -0.3 is 14.7 Å². The first-order valence-electron chi connectivity index (χ1n) is 6.59. The Morgan fingerprint density at radius 2 is 1.84 bits per heavy atom. The van der Waals surface area contributed by atoms with Crippen molar-refractivity contribution in [3.05, 3.63) is 29.3 Å². The Labute approximate surface area is 115 Å². The summed E-state index contributed by atoms with van der Waals surface area (Å²) < 4.78 is 5.70. The average Bonchev–Trinajstić information content (AvgIpc) is 2.31. The molecule has 0 spiro atoms. The second-order valence-corrected chi connectivity index (χ2v) is 4.97. The number of hydrogen-bond acceptors (Lipinski definition) is 3. The van der Waals surface area contributed by atoms with E-state index in [2.05, 4.69) is 19.9 Å². The molecule has 0 aliphatic carbocycles. The molecule has 0 heterocycles. The summed E-state index contributed by atoms with van der Waals surface area (Å²) >= 11 is 0. The van der Waals surface area contributed by atoms with Crippen LogP contribution in [-0.2, 0) is 4.79 Å². The van der Waals surface area contributed by atoms with Crippen LogP contribution in [0, 0.1) is 13.8 Å². The van der Waals surface area contributed by atoms with Gasteiger partial charge in [-0.25, -0.2) is 0 Å². The summed E-state index contributed by atoms with van der Waals surface area (Å²) in [6.45, 7) is 6.19. The quantitative estimate of drug-likeness (QED) is 0.734. The van der Waals surface area contributed by atoms with E-state index in [0.29, 0.717) is 13.2 Å². The molecule has 19 heavy (non-hydrogen) atoms. The summed E-state index contributed by atoms with van der Waals surface area (Å²) in [5.74, 6) is 0.157. The number of carboxylic acid groups (broad SMARTS) is 1. The van der Waals surface area contributed by atoms with Crippen molar-refractivity contribution in [3.8, 4) is 5.75 Å². The molecule has 106 valence electrons. The molecule has 0 aromatic heterocycles. The summed E-state index contributed by atoms with van der Waals surface area (Å²) in [7, 11) is 1.93. The van der Waals surface area contributed by atoms with Gasteiger partial charge in [0.25, 0.3) is 0 Å². The van der Waals surface area contributed by atoms with Gasteiger partial charge in [-0.1, -0.05) is 6.07 Å². The van der Waals surface area contributed by atoms with Gasteiger partial charge in [-0.05, 0) is 50.6 Å². The second-order valence-electron chi connectivity index (χ2n) is 4.97. The van der Waals surface area contributed by atoms with Crippen molar-refractivity contribution in [2.45, 2.75) is 26.7 Å². The number of aliphatic carboxylic acids is 1. The summed E-state index contributed by atoms with van der Waals surface area (Å²) in [6, 6.07) is 6.18. The average molecular weight is 265 g/mol. The minimum atomic E-state index is -0.752. The highest BCUT2D eigenvalue weighted by Gasteiger charge is 2.02. The van der Waals surface area contributed by atoms with E-state index in [9.17, 15) is 4.79 Å². The van der Waals surface area contributed by atoms with Crippen LogP contribution in [0.1, 0.15) is 24.0 Å². The molecule has 0 unspecified atom stereocenters. The molecule has 0 saturated heterocycles. The van der Waals surface area contributed by atoms with E-state index >= 15 is 0 Å². The van der Waals surface area contributed by atoms with Crippen LogP contribution in [0.4, 0.5) is 0 Å². The largest absolute Gasteiger partial charge is 0.494 e. The first kappa shape index (κ1) is 15.5. The van der Waals surface area contributed by atoms with Crippen LogP contribution in [0.3, 0.4) is 0 Å². The van der Waals surface area contributed by atoms with Gasteiger partial charge in [-0.15, -0.1) is 0 Å². The molecule has 1 aromatic carbocycles. The highest BCUT2D eigenvalue weighted by molar-refractivity contribution is 5.66. The molecular weight excluding hydrogens is 242 g/mol. The predicted octanol–water partition coefficient (Wildman–Crippen LogP) is 2.48. The zero-order chi connectivity index (χ0) is 14.3. The Bertz CT molecular complexity index is 398. The van der Waals surface area contributed by atoms with Crippen LogP contribution in [0.5, 0.6) is 5.75 Å². The molecule has 4 nitrogen and oxygen atoms in total. The van der Waals surface area contributed by atoms with Crippen molar-refractivity contribution in [1.29, 1.82) is 0 Å². The fraction of sp³-hybridized carbons (Fsp3) is 0.533. The smallest absolute Gasteiger partial charge is 0.304 e. The molecule has 0 fully saturated rings. The second kappa shape index (κ2) is 7.79. The van der Waals surface area contributed by atoms with Crippen molar-refractivity contribution in [3.63, 3.8) is 0 Å². The molecule has 0 saturated carbocycles. The van der Waals surface area contributed by atoms with Crippen LogP contribution in [0.25, 0.3) is 0 Å². The van der Waals surface area contributed by atoms with Gasteiger partial charge in [0.05, 0.1) is 13.0 Å². The molecule has 0 amide bonds. The van der Waals surface area contributed by atoms with Crippen LogP contribution >= 0.6 is 0 Å². The standard InChI is InChI=1S/C15H23NO3/c1-12-9-13(2)11-14(10-12)19-8-4-6-16(3)7-5-15(17)18/h9-11H,4-8H2,1-3H3,(H,17,18). The minimum absolute atomic E-state index is 0.189. The van der Waals surface area contributed by atoms with E-state index < -0.39 is 5.97 Å². The lowest BCUT2D eigenvalue weighted by atomic mass is 10.1. The van der Waals surface area contributed by atoms with Gasteiger partial charge >= 0.3 is 5.97 Å². The Kier molecular flexibility index (Phi) is 6.36. The van der Waals surface area contributed by atoms with Crippen LogP contribution in [-0.4, -0.2) is 42.7 Å². The number of rotatable bonds is 8. The van der Waals surface area contributed by atoms with E-state index in [1.165, 1.54) is 11.1 Å². The third-order valence-corrected chi connectivity index (χ3v) is 2.86. The molecule has 0 atom stereocenters. The Balaban J connectivity index is 2.21. The van der Waals surface area contributed by atoms with E-state index in [-0.39, 0.29) is 6.42 Å². The highest BCUT2D eigenvalue weighted by atomic mass is 16.5. The molecule has 0 aliphatic heterocycles. The molecule has 4 heteroatoms. The molecule has 0 bridgehead atoms. The van der Waals surface area contributed by atoms with Crippen LogP contribution in [0.15, 0.2) is 18.2 Å². The lowest BCUT2D eigenvalue weighted by molar-refractivity contribution is -0.137. The molecule has 1 aromatic rings. The highest BCUT2D eigenvalue weighted by Crippen LogP contribution is 2.16. The number of benzene rings is 1. The maximum absolute atomic E-state index is 10.4. The SMILES string of the molecule is Cc1cc(C)cc(OCCCN(C)CCC(=O)O)c1. The van der Waals surface area contributed by atoms with Crippen molar-refractivity contribution < 1.29 is 14.6 Å². The molecule has 1 rings (SSSR count). The first-order chi connectivity index (χ1) is 8.97. The number of carboxylic acids is 1. The maximum atomic E-state index is 10.4. The number of carbonyl (C=O) groups is 1. The van der Waals surface area contributed by atoms with Gasteiger partial charge in [-0.3, -0.25) is 4.79 Å². The Hall–Kier alpha value is -1.55. The lowest BCUT2D eigenvalue weighted by Crippen LogP contribution is -2.24. The summed E-state index contributed by atoms with van der Waals surface area (Å²) in [5, 5.41) is 8.58. The Morgan fingerprint density at radius 3 is 2.42 bits per heavy atom. The lowest BCUT2D eigenvalue weighted by Gasteiger charge is -2.15. The van der Waals surface area contributed by atoms with Gasteiger partial charge in [0.2, 0.25) is 0 Å². The normalized spacial score (nSPS) is 10.7. The number of hydrogen-bond donors (Lipinski definition) is 1. The maximum Gasteiger partial charge on any atom is 0.304 e. The summed E-state index contributed by atoms with van der Waals surface area (Å²) in [5.41, 5.74) is 2.40. The zero-order valence-electron chi connectivity index (χ0n) is 12.0. The summed E-state index contributed by atoms with van der Waals surface area (Å²) in [6.07, 6.45) is 1.08. The van der Waals surface area contributed by atoms with Crippen LogP contribution in [0.2, 0.25) is 0 Å². The zero-order valence-corrected chi connectivity index (χ0v) is 12.0. The summed E-state index contributed by atoms with van der Waals surface area (Å²) in [4.78, 5) is 12.4. The number of nitrogens with zero attached hydrogens (tertiary/aromatic N) is 1. The van der Waals surface area contributed by atoms with Gasteiger partial charge in [-0.2, -0.15) is 0 Å². The first-order valence-corrected chi connectivity index (χ1v) is 6.59. The molecular formula is C15H23NO3. The third kappa shape index (κ3) is 6.82. The molecule has 0 radical (unpaired) electrons. The molecule has 0 aliphatic rings. The third-order valence-electron chi connectivity index (χ3n) is 2.86. The van der Waals surface area contributed by atoms with Gasteiger partial charge in [0.1, 0.15) is 5.75 Å². The van der Waals surface area contributed by atoms with E-state index in [1.54, 1.807) is 0 Å². The Morgan fingerprint density at radius 1 is 1.21 bits per heavy atom. The van der Waals surface area contributed by atoms with Gasteiger partial charge in [0, 0.05) is 13.1 Å². The van der Waals surface area contributed by atoms with Crippen molar-refractivity contribution in [2.75, 3.05) is 26.7 Å². The predicted molar refractivity (Wildman–Crippen MR) is 75.8 cm³/mol. The van der Waals surface area contributed by atoms with Gasteiger partial charge in [0.15, 0.2) is 0 Å². The minimum Gasteiger partial charge on any atom is -0.494 e. The van der Waals surface area contributed by atoms with Crippen molar-refractivity contribution in [1.82, 2.24) is 4.90 Å². The van der Waals surface area contributed by atoms with Crippen LogP contribution < -0.4 is 4.74 Å². The number of aryl methyl sites for hydroxylation is 2. The monoisotopic (exact) mass is 265 g/mol. The van der Waals surface area contributed by atoms with Crippen molar-refractivity contribution >= 4 is 5.97 Å². The van der Waals surface area contributed by atoms with Crippen molar-refractivity contribution in [2.24, 2.45) is 0 Å². The number of ether oxygens (including phenoxy) is 1. The van der Waals surface area contributed by atoms with E-state index in [1.807, 2.05) is 24.1 Å².